The third-order valence-corrected chi connectivity index (χ3v) is 6.35. The summed E-state index contributed by atoms with van der Waals surface area (Å²) in [5, 5.41) is 8.53. The van der Waals surface area contributed by atoms with Gasteiger partial charge in [-0.25, -0.2) is 4.98 Å². The molecule has 198 valence electrons. The predicted octanol–water partition coefficient (Wildman–Crippen LogP) is 4.49. The first-order valence-corrected chi connectivity index (χ1v) is 12.5. The fourth-order valence-corrected chi connectivity index (χ4v) is 4.37. The Hall–Kier alpha value is -4.70. The summed E-state index contributed by atoms with van der Waals surface area (Å²) in [4.78, 5) is 28.1. The van der Waals surface area contributed by atoms with E-state index in [1.165, 1.54) is 0 Å². The van der Waals surface area contributed by atoms with Gasteiger partial charge in [0.05, 0.1) is 24.0 Å². The van der Waals surface area contributed by atoms with E-state index in [0.29, 0.717) is 58.6 Å². The molecule has 0 fully saturated rings. The molecule has 2 N–H and O–H groups in total. The molecule has 5 rings (SSSR count). The second-order valence-corrected chi connectivity index (χ2v) is 9.78. The summed E-state index contributed by atoms with van der Waals surface area (Å²) in [7, 11) is 1.72. The van der Waals surface area contributed by atoms with Crippen molar-refractivity contribution >= 4 is 5.91 Å². The Morgan fingerprint density at radius 2 is 1.79 bits per heavy atom. The third kappa shape index (κ3) is 5.75. The minimum atomic E-state index is -0.887. The standard InChI is InChI=1S/C29H29N7O3/c1-18-25(33-19(2)38-18)17-36(4)27(37)23-13-21(24-16-31-10-11-32-24)12-22(14-23)26-34-35-28(39-26)29(3,30)15-20-8-6-5-7-9-20/h5-14,16H,15,17,30H2,1-4H3/t29-/m1/s1. The van der Waals surface area contributed by atoms with E-state index in [1.807, 2.05) is 50.2 Å². The zero-order chi connectivity index (χ0) is 27.6. The molecule has 0 radical (unpaired) electrons. The molecule has 0 aliphatic carbocycles. The molecular weight excluding hydrogens is 494 g/mol. The molecule has 0 bridgehead atoms. The van der Waals surface area contributed by atoms with Crippen molar-refractivity contribution in [1.29, 1.82) is 0 Å². The Morgan fingerprint density at radius 3 is 2.49 bits per heavy atom. The lowest BCUT2D eigenvalue weighted by atomic mass is 9.94. The summed E-state index contributed by atoms with van der Waals surface area (Å²) < 4.78 is 11.6. The maximum atomic E-state index is 13.5. The Morgan fingerprint density at radius 1 is 1.03 bits per heavy atom. The quantitative estimate of drug-likeness (QED) is 0.312. The van der Waals surface area contributed by atoms with E-state index in [0.717, 1.165) is 5.56 Å². The monoisotopic (exact) mass is 523 g/mol. The fourth-order valence-electron chi connectivity index (χ4n) is 4.37. The van der Waals surface area contributed by atoms with Crippen molar-refractivity contribution < 1.29 is 13.6 Å². The number of nitrogens with zero attached hydrogens (tertiary/aromatic N) is 6. The first-order valence-electron chi connectivity index (χ1n) is 12.5. The zero-order valence-corrected chi connectivity index (χ0v) is 22.3. The van der Waals surface area contributed by atoms with Crippen molar-refractivity contribution in [2.75, 3.05) is 7.05 Å². The molecule has 1 amide bonds. The number of hydrogen-bond acceptors (Lipinski definition) is 9. The van der Waals surface area contributed by atoms with Crippen molar-refractivity contribution in [3.05, 3.63) is 101 Å². The number of rotatable bonds is 8. The molecule has 10 heteroatoms. The zero-order valence-electron chi connectivity index (χ0n) is 22.3. The topological polar surface area (TPSA) is 137 Å². The van der Waals surface area contributed by atoms with Gasteiger partial charge in [-0.15, -0.1) is 10.2 Å². The molecule has 39 heavy (non-hydrogen) atoms. The molecule has 0 saturated carbocycles. The average Bonchev–Trinajstić information content (AvgIpc) is 3.56. The molecule has 0 aliphatic rings. The van der Waals surface area contributed by atoms with Crippen LogP contribution in [0, 0.1) is 13.8 Å². The largest absolute Gasteiger partial charge is 0.446 e. The van der Waals surface area contributed by atoms with Crippen LogP contribution in [-0.4, -0.2) is 43.0 Å². The summed E-state index contributed by atoms with van der Waals surface area (Å²) in [5.74, 6) is 1.57. The number of carbonyl (C=O) groups excluding carboxylic acids is 1. The van der Waals surface area contributed by atoms with Gasteiger partial charge in [-0.3, -0.25) is 14.8 Å². The summed E-state index contributed by atoms with van der Waals surface area (Å²) in [6.45, 7) is 5.75. The summed E-state index contributed by atoms with van der Waals surface area (Å²) in [5.41, 5.74) is 9.75. The number of benzene rings is 2. The molecule has 2 aromatic carbocycles. The van der Waals surface area contributed by atoms with Crippen LogP contribution in [0.5, 0.6) is 0 Å². The Bertz CT molecular complexity index is 1590. The fraction of sp³-hybridized carbons (Fsp3) is 0.241. The second kappa shape index (κ2) is 10.6. The van der Waals surface area contributed by atoms with Gasteiger partial charge in [0.25, 0.3) is 5.91 Å². The number of carbonyl (C=O) groups is 1. The second-order valence-electron chi connectivity index (χ2n) is 9.78. The summed E-state index contributed by atoms with van der Waals surface area (Å²) >= 11 is 0. The predicted molar refractivity (Wildman–Crippen MR) is 144 cm³/mol. The molecule has 0 spiro atoms. The third-order valence-electron chi connectivity index (χ3n) is 6.35. The Kier molecular flexibility index (Phi) is 7.03. The normalized spacial score (nSPS) is 12.7. The van der Waals surface area contributed by atoms with Crippen molar-refractivity contribution in [3.8, 4) is 22.7 Å². The van der Waals surface area contributed by atoms with Gasteiger partial charge in [0.1, 0.15) is 11.5 Å². The molecule has 1 atom stereocenters. The van der Waals surface area contributed by atoms with Gasteiger partial charge >= 0.3 is 0 Å². The lowest BCUT2D eigenvalue weighted by Crippen LogP contribution is -2.35. The van der Waals surface area contributed by atoms with E-state index in [2.05, 4.69) is 25.1 Å². The van der Waals surface area contributed by atoms with Crippen molar-refractivity contribution in [2.24, 2.45) is 5.73 Å². The average molecular weight is 524 g/mol. The number of hydrogen-bond donors (Lipinski definition) is 1. The van der Waals surface area contributed by atoms with Crippen LogP contribution in [0.15, 0.2) is 76.0 Å². The van der Waals surface area contributed by atoms with Crippen LogP contribution < -0.4 is 5.73 Å². The smallest absolute Gasteiger partial charge is 0.253 e. The molecule has 5 aromatic rings. The van der Waals surface area contributed by atoms with Gasteiger partial charge in [-0.1, -0.05) is 30.3 Å². The van der Waals surface area contributed by atoms with Crippen molar-refractivity contribution in [2.45, 2.75) is 39.3 Å². The molecule has 10 nitrogen and oxygen atoms in total. The van der Waals surface area contributed by atoms with Crippen LogP contribution in [0.3, 0.4) is 0 Å². The van der Waals surface area contributed by atoms with E-state index in [-0.39, 0.29) is 11.8 Å². The van der Waals surface area contributed by atoms with Crippen molar-refractivity contribution in [1.82, 2.24) is 30.0 Å². The maximum Gasteiger partial charge on any atom is 0.253 e. The first kappa shape index (κ1) is 25.9. The molecule has 0 unspecified atom stereocenters. The molecule has 3 heterocycles. The van der Waals surface area contributed by atoms with Gasteiger partial charge in [-0.05, 0) is 44.0 Å². The van der Waals surface area contributed by atoms with E-state index in [4.69, 9.17) is 14.6 Å². The Labute approximate surface area is 225 Å². The molecule has 3 aromatic heterocycles. The lowest BCUT2D eigenvalue weighted by molar-refractivity contribution is 0.0783. The minimum absolute atomic E-state index is 0.213. The summed E-state index contributed by atoms with van der Waals surface area (Å²) in [6, 6.07) is 15.2. The van der Waals surface area contributed by atoms with Crippen LogP contribution in [0.4, 0.5) is 0 Å². The summed E-state index contributed by atoms with van der Waals surface area (Å²) in [6.07, 6.45) is 5.34. The maximum absolute atomic E-state index is 13.5. The van der Waals surface area contributed by atoms with Crippen LogP contribution in [0.1, 0.15) is 46.1 Å². The van der Waals surface area contributed by atoms with Crippen LogP contribution in [0.25, 0.3) is 22.7 Å². The van der Waals surface area contributed by atoms with E-state index in [9.17, 15) is 4.79 Å². The highest BCUT2D eigenvalue weighted by Gasteiger charge is 2.29. The van der Waals surface area contributed by atoms with E-state index in [1.54, 1.807) is 49.6 Å². The molecule has 0 aliphatic heterocycles. The van der Waals surface area contributed by atoms with E-state index < -0.39 is 5.54 Å². The number of amides is 1. The first-order chi connectivity index (χ1) is 18.7. The SMILES string of the molecule is Cc1nc(CN(C)C(=O)c2cc(-c3cnccn3)cc(-c3nnc([C@](C)(N)Cc4ccccc4)o3)c2)c(C)o1. The van der Waals surface area contributed by atoms with Gasteiger partial charge in [-0.2, -0.15) is 0 Å². The van der Waals surface area contributed by atoms with Crippen LogP contribution in [0.2, 0.25) is 0 Å². The van der Waals surface area contributed by atoms with E-state index >= 15 is 0 Å². The molecule has 0 saturated heterocycles. The highest BCUT2D eigenvalue weighted by molar-refractivity contribution is 5.96. The van der Waals surface area contributed by atoms with Crippen LogP contribution >= 0.6 is 0 Å². The van der Waals surface area contributed by atoms with Crippen LogP contribution in [-0.2, 0) is 18.5 Å². The lowest BCUT2D eigenvalue weighted by Gasteiger charge is -2.20. The van der Waals surface area contributed by atoms with Crippen molar-refractivity contribution in [3.63, 3.8) is 0 Å². The van der Waals surface area contributed by atoms with Gasteiger partial charge < -0.3 is 19.5 Å². The molecular formula is C29H29N7O3. The number of oxazole rings is 1. The van der Waals surface area contributed by atoms with Gasteiger partial charge in [0.15, 0.2) is 5.89 Å². The number of aryl methyl sites for hydroxylation is 2. The highest BCUT2D eigenvalue weighted by Crippen LogP contribution is 2.30. The highest BCUT2D eigenvalue weighted by atomic mass is 16.4. The number of aromatic nitrogens is 5. The Balaban J connectivity index is 1.49. The number of nitrogens with two attached hydrogens (primary N) is 1. The van der Waals surface area contributed by atoms with Gasteiger partial charge in [0, 0.05) is 43.1 Å². The van der Waals surface area contributed by atoms with Gasteiger partial charge in [0.2, 0.25) is 11.8 Å². The minimum Gasteiger partial charge on any atom is -0.446 e.